The average Bonchev–Trinajstić information content (AvgIpc) is 2.89. The first kappa shape index (κ1) is 16.3. The second-order valence-electron chi connectivity index (χ2n) is 7.67. The highest BCUT2D eigenvalue weighted by Crippen LogP contribution is 2.58. The van der Waals surface area contributed by atoms with E-state index in [9.17, 15) is 14.4 Å². The first-order valence-electron chi connectivity index (χ1n) is 8.85. The Bertz CT molecular complexity index is 754. The van der Waals surface area contributed by atoms with Crippen LogP contribution in [-0.2, 0) is 23.9 Å². The zero-order valence-electron chi connectivity index (χ0n) is 14.5. The van der Waals surface area contributed by atoms with Gasteiger partial charge in [-0.05, 0) is 35.8 Å². The summed E-state index contributed by atoms with van der Waals surface area (Å²) in [7, 11) is 1.34. The van der Waals surface area contributed by atoms with Crippen LogP contribution in [0.25, 0.3) is 0 Å². The summed E-state index contributed by atoms with van der Waals surface area (Å²) < 4.78 is 10.4. The minimum absolute atomic E-state index is 0.00666. The fourth-order valence-corrected chi connectivity index (χ4v) is 5.24. The first-order chi connectivity index (χ1) is 12.0. The van der Waals surface area contributed by atoms with E-state index in [2.05, 4.69) is 0 Å². The van der Waals surface area contributed by atoms with Gasteiger partial charge in [0.15, 0.2) is 0 Å². The molecule has 0 N–H and O–H groups in total. The lowest BCUT2D eigenvalue weighted by Crippen LogP contribution is -2.46. The van der Waals surface area contributed by atoms with Crippen LogP contribution in [-0.4, -0.2) is 24.8 Å². The van der Waals surface area contributed by atoms with E-state index in [0.717, 1.165) is 24.0 Å². The molecule has 1 saturated carbocycles. The Morgan fingerprint density at radius 1 is 1.28 bits per heavy atom. The molecular formula is C20H22O5. The number of benzene rings is 1. The summed E-state index contributed by atoms with van der Waals surface area (Å²) in [6, 6.07) is 7.91. The van der Waals surface area contributed by atoms with Gasteiger partial charge in [0.1, 0.15) is 11.9 Å². The van der Waals surface area contributed by atoms with Crippen LogP contribution in [0.5, 0.6) is 0 Å². The molecule has 1 saturated heterocycles. The van der Waals surface area contributed by atoms with Crippen molar-refractivity contribution in [1.29, 1.82) is 0 Å². The van der Waals surface area contributed by atoms with Crippen LogP contribution in [0, 0.1) is 17.3 Å². The lowest BCUT2D eigenvalue weighted by atomic mass is 9.60. The summed E-state index contributed by atoms with van der Waals surface area (Å²) >= 11 is 0. The maximum Gasteiger partial charge on any atom is 0.314 e. The summed E-state index contributed by atoms with van der Waals surface area (Å²) in [6.45, 7) is 1.86. The van der Waals surface area contributed by atoms with Crippen molar-refractivity contribution < 1.29 is 23.9 Å². The molecule has 5 heteroatoms. The van der Waals surface area contributed by atoms with Gasteiger partial charge in [-0.15, -0.1) is 0 Å². The van der Waals surface area contributed by atoms with Gasteiger partial charge in [-0.25, -0.2) is 0 Å². The minimum Gasteiger partial charge on any atom is -0.469 e. The maximum absolute atomic E-state index is 12.6. The molecule has 25 heavy (non-hydrogen) atoms. The summed E-state index contributed by atoms with van der Waals surface area (Å²) in [5.74, 6) is -0.776. The Hall–Kier alpha value is -2.17. The number of rotatable bonds is 3. The Morgan fingerprint density at radius 2 is 2.00 bits per heavy atom. The molecule has 132 valence electrons. The molecule has 0 unspecified atom stereocenters. The van der Waals surface area contributed by atoms with Crippen molar-refractivity contribution >= 4 is 17.7 Å². The number of methoxy groups -OCH3 is 1. The third-order valence-corrected chi connectivity index (χ3v) is 6.50. The monoisotopic (exact) mass is 342 g/mol. The molecule has 2 aliphatic carbocycles. The number of esters is 2. The van der Waals surface area contributed by atoms with Crippen LogP contribution in [0.2, 0.25) is 0 Å². The van der Waals surface area contributed by atoms with E-state index in [-0.39, 0.29) is 48.0 Å². The van der Waals surface area contributed by atoms with Crippen LogP contribution in [0.3, 0.4) is 0 Å². The third kappa shape index (κ3) is 2.32. The van der Waals surface area contributed by atoms with Crippen molar-refractivity contribution in [2.75, 3.05) is 7.11 Å². The van der Waals surface area contributed by atoms with Gasteiger partial charge in [-0.1, -0.05) is 31.2 Å². The molecule has 0 spiro atoms. The van der Waals surface area contributed by atoms with E-state index in [1.165, 1.54) is 7.11 Å². The van der Waals surface area contributed by atoms with Gasteiger partial charge < -0.3 is 9.47 Å². The highest BCUT2D eigenvalue weighted by Gasteiger charge is 2.57. The molecule has 2 bridgehead atoms. The maximum atomic E-state index is 12.6. The van der Waals surface area contributed by atoms with Gasteiger partial charge >= 0.3 is 11.9 Å². The van der Waals surface area contributed by atoms with Gasteiger partial charge in [-0.3, -0.25) is 14.4 Å². The van der Waals surface area contributed by atoms with Crippen molar-refractivity contribution in [3.05, 3.63) is 35.4 Å². The lowest BCUT2D eigenvalue weighted by molar-refractivity contribution is -0.168. The van der Waals surface area contributed by atoms with Crippen LogP contribution in [0.15, 0.2) is 24.3 Å². The molecule has 2 fully saturated rings. The van der Waals surface area contributed by atoms with Gasteiger partial charge in [0.2, 0.25) is 0 Å². The second kappa shape index (κ2) is 5.68. The second-order valence-corrected chi connectivity index (χ2v) is 7.67. The standard InChI is InChI=1S/C20H22O5/c1-20(10-17(22)24-2)14(7-8-16(20)21)13-9-15-11-5-3-4-6-12(11)18(13)19(23)25-15/h3-6,13-15,18H,7-10H2,1-2H3/t13-,14+,15+,18+,20+/m1/s1. The lowest BCUT2D eigenvalue weighted by Gasteiger charge is -2.47. The molecule has 2 heterocycles. The minimum atomic E-state index is -0.759. The van der Waals surface area contributed by atoms with Crippen molar-refractivity contribution in [3.63, 3.8) is 0 Å². The fourth-order valence-electron chi connectivity index (χ4n) is 5.24. The summed E-state index contributed by atoms with van der Waals surface area (Å²) in [5.41, 5.74) is 1.35. The summed E-state index contributed by atoms with van der Waals surface area (Å²) in [5, 5.41) is 0. The molecule has 0 radical (unpaired) electrons. The predicted molar refractivity (Wildman–Crippen MR) is 88.6 cm³/mol. The van der Waals surface area contributed by atoms with E-state index in [1.807, 2.05) is 31.2 Å². The number of Topliss-reactive ketones (excluding diaryl/α,β-unsaturated/α-hetero) is 1. The number of carbonyl (C=O) groups excluding carboxylic acids is 3. The van der Waals surface area contributed by atoms with Crippen molar-refractivity contribution in [3.8, 4) is 0 Å². The van der Waals surface area contributed by atoms with Gasteiger partial charge in [-0.2, -0.15) is 0 Å². The first-order valence-corrected chi connectivity index (χ1v) is 8.85. The molecule has 5 atom stereocenters. The van der Waals surface area contributed by atoms with E-state index in [4.69, 9.17) is 9.47 Å². The molecule has 2 aliphatic heterocycles. The predicted octanol–water partition coefficient (Wildman–Crippen LogP) is 2.94. The zero-order valence-corrected chi connectivity index (χ0v) is 14.5. The number of ether oxygens (including phenoxy) is 2. The number of carbonyl (C=O) groups is 3. The SMILES string of the molecule is COC(=O)C[C@]1(C)C(=O)CC[C@H]1[C@H]1C[C@@H]2OC(=O)[C@H]1c1ccccc12. The number of hydrogen-bond donors (Lipinski definition) is 0. The van der Waals surface area contributed by atoms with Crippen LogP contribution in [0.4, 0.5) is 0 Å². The summed E-state index contributed by atoms with van der Waals surface area (Å²) in [6.07, 6.45) is 1.75. The Kier molecular flexibility index (Phi) is 3.71. The highest BCUT2D eigenvalue weighted by atomic mass is 16.5. The van der Waals surface area contributed by atoms with Crippen molar-refractivity contribution in [2.45, 2.75) is 44.6 Å². The average molecular weight is 342 g/mol. The fraction of sp³-hybridized carbons (Fsp3) is 0.550. The van der Waals surface area contributed by atoms with Crippen molar-refractivity contribution in [1.82, 2.24) is 0 Å². The molecule has 1 aromatic rings. The molecule has 5 nitrogen and oxygen atoms in total. The van der Waals surface area contributed by atoms with Crippen LogP contribution < -0.4 is 0 Å². The third-order valence-electron chi connectivity index (χ3n) is 6.50. The normalized spacial score (nSPS) is 36.1. The number of ketones is 1. The molecule has 0 aromatic heterocycles. The number of fused-ring (bicyclic) bond motifs is 2. The zero-order chi connectivity index (χ0) is 17.8. The van der Waals surface area contributed by atoms with E-state index >= 15 is 0 Å². The van der Waals surface area contributed by atoms with Crippen LogP contribution >= 0.6 is 0 Å². The molecule has 4 aliphatic rings. The van der Waals surface area contributed by atoms with Gasteiger partial charge in [0.25, 0.3) is 0 Å². The molecular weight excluding hydrogens is 320 g/mol. The van der Waals surface area contributed by atoms with Gasteiger partial charge in [0.05, 0.1) is 19.4 Å². The van der Waals surface area contributed by atoms with E-state index in [1.54, 1.807) is 0 Å². The van der Waals surface area contributed by atoms with Crippen LogP contribution in [0.1, 0.15) is 55.8 Å². The molecule has 5 rings (SSSR count). The molecule has 0 amide bonds. The van der Waals surface area contributed by atoms with Crippen molar-refractivity contribution in [2.24, 2.45) is 17.3 Å². The number of hydrogen-bond acceptors (Lipinski definition) is 5. The van der Waals surface area contributed by atoms with E-state index < -0.39 is 5.41 Å². The summed E-state index contributed by atoms with van der Waals surface area (Å²) in [4.78, 5) is 37.1. The Balaban J connectivity index is 1.72. The smallest absolute Gasteiger partial charge is 0.314 e. The van der Waals surface area contributed by atoms with E-state index in [0.29, 0.717) is 6.42 Å². The van der Waals surface area contributed by atoms with Gasteiger partial charge in [0, 0.05) is 11.8 Å². The topological polar surface area (TPSA) is 69.7 Å². The Labute approximate surface area is 146 Å². The molecule has 1 aromatic carbocycles. The largest absolute Gasteiger partial charge is 0.469 e. The highest BCUT2D eigenvalue weighted by molar-refractivity contribution is 5.91. The quantitative estimate of drug-likeness (QED) is 0.790. The Morgan fingerprint density at radius 3 is 2.72 bits per heavy atom.